The molecule has 0 saturated heterocycles. The fraction of sp³-hybridized carbons (Fsp3) is 0. The van der Waals surface area contributed by atoms with Crippen molar-refractivity contribution in [2.75, 3.05) is 0 Å². The van der Waals surface area contributed by atoms with Crippen LogP contribution in [0.1, 0.15) is 0 Å². The first kappa shape index (κ1) is 15.4. The Labute approximate surface area is 158 Å². The third-order valence-corrected chi connectivity index (χ3v) is 6.04. The zero-order chi connectivity index (χ0) is 17.3. The molecular formula is C21H13N3S2. The number of nitrogens with zero attached hydrogens (tertiary/aromatic N) is 3. The largest absolute Gasteiger partial charge is 0.256 e. The summed E-state index contributed by atoms with van der Waals surface area (Å²) in [5, 5.41) is 4.00. The molecule has 2 aromatic carbocycles. The van der Waals surface area contributed by atoms with E-state index in [4.69, 9.17) is 4.98 Å². The number of para-hydroxylation sites is 1. The van der Waals surface area contributed by atoms with Crippen molar-refractivity contribution in [3.63, 3.8) is 0 Å². The Morgan fingerprint density at radius 3 is 2.38 bits per heavy atom. The first-order chi connectivity index (χ1) is 12.9. The maximum atomic E-state index is 4.86. The van der Waals surface area contributed by atoms with Gasteiger partial charge in [-0.25, -0.2) is 9.97 Å². The summed E-state index contributed by atoms with van der Waals surface area (Å²) in [5.74, 6) is 0. The van der Waals surface area contributed by atoms with Gasteiger partial charge in [0.05, 0.1) is 15.9 Å². The summed E-state index contributed by atoms with van der Waals surface area (Å²) in [6, 6.07) is 20.5. The van der Waals surface area contributed by atoms with Crippen LogP contribution >= 0.6 is 22.7 Å². The van der Waals surface area contributed by atoms with Gasteiger partial charge in [-0.15, -0.1) is 22.7 Å². The molecule has 0 saturated carbocycles. The molecule has 0 aliphatic heterocycles. The molecule has 5 heteroatoms. The molecule has 0 bridgehead atoms. The van der Waals surface area contributed by atoms with Gasteiger partial charge in [0.2, 0.25) is 0 Å². The molecule has 0 amide bonds. The highest BCUT2D eigenvalue weighted by Crippen LogP contribution is 2.42. The first-order valence-corrected chi connectivity index (χ1v) is 9.90. The normalized spacial score (nSPS) is 11.1. The van der Waals surface area contributed by atoms with E-state index in [0.717, 1.165) is 37.9 Å². The lowest BCUT2D eigenvalue weighted by Gasteiger charge is -2.11. The summed E-state index contributed by atoms with van der Waals surface area (Å²) in [6.07, 6.45) is 3.67. The van der Waals surface area contributed by atoms with Gasteiger partial charge >= 0.3 is 0 Å². The van der Waals surface area contributed by atoms with E-state index in [1.165, 1.54) is 4.70 Å². The van der Waals surface area contributed by atoms with E-state index < -0.39 is 0 Å². The van der Waals surface area contributed by atoms with Crippen molar-refractivity contribution >= 4 is 32.9 Å². The van der Waals surface area contributed by atoms with E-state index in [1.54, 1.807) is 22.7 Å². The smallest absolute Gasteiger partial charge is 0.125 e. The molecule has 0 atom stereocenters. The van der Waals surface area contributed by atoms with Crippen LogP contribution in [0.3, 0.4) is 0 Å². The Hall–Kier alpha value is -2.89. The van der Waals surface area contributed by atoms with Crippen LogP contribution in [0.2, 0.25) is 0 Å². The Morgan fingerprint density at radius 2 is 1.58 bits per heavy atom. The number of rotatable bonds is 3. The monoisotopic (exact) mass is 371 g/mol. The second-order valence-electron chi connectivity index (χ2n) is 5.77. The number of fused-ring (bicyclic) bond motifs is 1. The fourth-order valence-corrected chi connectivity index (χ4v) is 4.74. The van der Waals surface area contributed by atoms with Gasteiger partial charge in [0.15, 0.2) is 0 Å². The van der Waals surface area contributed by atoms with Crippen molar-refractivity contribution in [1.82, 2.24) is 15.0 Å². The van der Waals surface area contributed by atoms with Gasteiger partial charge in [-0.05, 0) is 24.3 Å². The van der Waals surface area contributed by atoms with Gasteiger partial charge < -0.3 is 0 Å². The highest BCUT2D eigenvalue weighted by Gasteiger charge is 2.18. The predicted octanol–water partition coefficient (Wildman–Crippen LogP) is 6.15. The average Bonchev–Trinajstić information content (AvgIpc) is 3.37. The second kappa shape index (κ2) is 6.44. The minimum Gasteiger partial charge on any atom is -0.256 e. The highest BCUT2D eigenvalue weighted by molar-refractivity contribution is 7.21. The average molecular weight is 371 g/mol. The molecule has 124 valence electrons. The molecule has 0 radical (unpaired) electrons. The maximum Gasteiger partial charge on any atom is 0.125 e. The highest BCUT2D eigenvalue weighted by atomic mass is 32.1. The van der Waals surface area contributed by atoms with Crippen molar-refractivity contribution in [2.24, 2.45) is 0 Å². The summed E-state index contributed by atoms with van der Waals surface area (Å²) < 4.78 is 1.19. The van der Waals surface area contributed by atoms with Gasteiger partial charge in [-0.1, -0.05) is 36.4 Å². The summed E-state index contributed by atoms with van der Waals surface area (Å²) in [5.41, 5.74) is 5.25. The molecule has 5 aromatic rings. The van der Waals surface area contributed by atoms with Gasteiger partial charge in [0.25, 0.3) is 0 Å². The van der Waals surface area contributed by atoms with Crippen molar-refractivity contribution in [3.05, 3.63) is 78.4 Å². The van der Waals surface area contributed by atoms with Crippen LogP contribution in [0.4, 0.5) is 0 Å². The second-order valence-corrected chi connectivity index (χ2v) is 7.69. The van der Waals surface area contributed by atoms with Gasteiger partial charge in [0, 0.05) is 34.5 Å². The number of hydrogen-bond donors (Lipinski definition) is 0. The molecule has 0 fully saturated rings. The SMILES string of the molecule is c1ccc(-c2cccc(-c3nc4ccccc4s3)c2-c2nccs2)nc1. The topological polar surface area (TPSA) is 38.7 Å². The summed E-state index contributed by atoms with van der Waals surface area (Å²) in [6.45, 7) is 0. The third kappa shape index (κ3) is 2.62. The van der Waals surface area contributed by atoms with Gasteiger partial charge in [0.1, 0.15) is 10.0 Å². The summed E-state index contributed by atoms with van der Waals surface area (Å²) in [4.78, 5) is 14.0. The minimum atomic E-state index is 0.945. The number of benzene rings is 2. The molecule has 3 nitrogen and oxygen atoms in total. The lowest BCUT2D eigenvalue weighted by atomic mass is 9.99. The molecular weight excluding hydrogens is 358 g/mol. The zero-order valence-electron chi connectivity index (χ0n) is 13.7. The van der Waals surface area contributed by atoms with E-state index in [2.05, 4.69) is 46.4 Å². The van der Waals surface area contributed by atoms with Crippen LogP contribution in [0.5, 0.6) is 0 Å². The molecule has 0 aliphatic rings. The van der Waals surface area contributed by atoms with Crippen LogP contribution in [-0.2, 0) is 0 Å². The fourth-order valence-electron chi connectivity index (χ4n) is 3.03. The number of thiazole rings is 2. The summed E-state index contributed by atoms with van der Waals surface area (Å²) >= 11 is 3.35. The van der Waals surface area contributed by atoms with Crippen molar-refractivity contribution in [1.29, 1.82) is 0 Å². The molecule has 3 aromatic heterocycles. The van der Waals surface area contributed by atoms with E-state index in [0.29, 0.717) is 0 Å². The quantitative estimate of drug-likeness (QED) is 0.382. The zero-order valence-corrected chi connectivity index (χ0v) is 15.3. The Bertz CT molecular complexity index is 1150. The Morgan fingerprint density at radius 1 is 0.692 bits per heavy atom. The van der Waals surface area contributed by atoms with Crippen LogP contribution in [-0.4, -0.2) is 15.0 Å². The molecule has 0 N–H and O–H groups in total. The predicted molar refractivity (Wildman–Crippen MR) is 109 cm³/mol. The van der Waals surface area contributed by atoms with Crippen LogP contribution in [0.15, 0.2) is 78.4 Å². The van der Waals surface area contributed by atoms with E-state index in [-0.39, 0.29) is 0 Å². The standard InChI is InChI=1S/C21H13N3S2/c1-2-10-18-17(9-1)24-20(26-18)15-7-5-6-14(16-8-3-4-11-22-16)19(15)21-23-12-13-25-21/h1-13H. The lowest BCUT2D eigenvalue weighted by molar-refractivity contribution is 1.32. The molecule has 0 aliphatic carbocycles. The number of pyridine rings is 1. The minimum absolute atomic E-state index is 0.945. The Balaban J connectivity index is 1.80. The molecule has 3 heterocycles. The van der Waals surface area contributed by atoms with Crippen LogP contribution < -0.4 is 0 Å². The molecule has 26 heavy (non-hydrogen) atoms. The van der Waals surface area contributed by atoms with Crippen molar-refractivity contribution in [3.8, 4) is 32.4 Å². The van der Waals surface area contributed by atoms with E-state index >= 15 is 0 Å². The van der Waals surface area contributed by atoms with Crippen LogP contribution in [0.25, 0.3) is 42.6 Å². The summed E-state index contributed by atoms with van der Waals surface area (Å²) in [7, 11) is 0. The maximum absolute atomic E-state index is 4.86. The van der Waals surface area contributed by atoms with Crippen molar-refractivity contribution < 1.29 is 0 Å². The van der Waals surface area contributed by atoms with E-state index in [9.17, 15) is 0 Å². The molecule has 5 rings (SSSR count). The first-order valence-electron chi connectivity index (χ1n) is 8.20. The number of hydrogen-bond acceptors (Lipinski definition) is 5. The van der Waals surface area contributed by atoms with E-state index in [1.807, 2.05) is 42.0 Å². The molecule has 0 spiro atoms. The molecule has 0 unspecified atom stereocenters. The Kier molecular flexibility index (Phi) is 3.81. The van der Waals surface area contributed by atoms with Gasteiger partial charge in [-0.3, -0.25) is 4.98 Å². The third-order valence-electron chi connectivity index (χ3n) is 4.18. The van der Waals surface area contributed by atoms with Crippen LogP contribution in [0, 0.1) is 0 Å². The lowest BCUT2D eigenvalue weighted by Crippen LogP contribution is -1.91. The van der Waals surface area contributed by atoms with Crippen molar-refractivity contribution in [2.45, 2.75) is 0 Å². The number of aromatic nitrogens is 3. The van der Waals surface area contributed by atoms with Gasteiger partial charge in [-0.2, -0.15) is 0 Å².